The Morgan fingerprint density at radius 2 is 0.808 bits per heavy atom. The van der Waals surface area contributed by atoms with E-state index in [9.17, 15) is 37.7 Å². The highest BCUT2D eigenvalue weighted by molar-refractivity contribution is 9.10. The smallest absolute Gasteiger partial charge is 0.297 e. The predicted octanol–water partition coefficient (Wildman–Crippen LogP) is 8.72. The molecule has 36 heteroatoms. The van der Waals surface area contributed by atoms with Crippen molar-refractivity contribution in [3.63, 3.8) is 0 Å². The van der Waals surface area contributed by atoms with E-state index in [0.29, 0.717) is 81.5 Å². The molecule has 6 fully saturated rings. The summed E-state index contributed by atoms with van der Waals surface area (Å²) < 4.78 is 75.8. The van der Waals surface area contributed by atoms with E-state index in [2.05, 4.69) is 141 Å². The molecular formula is C84H101BrCl2N20O11S2. The number of nitriles is 4. The third-order valence-electron chi connectivity index (χ3n) is 19.9. The Morgan fingerprint density at radius 1 is 0.450 bits per heavy atom. The van der Waals surface area contributed by atoms with Crippen LogP contribution < -0.4 is 25.3 Å². The molecule has 6 saturated heterocycles. The minimum absolute atomic E-state index is 0. The number of halogens is 3. The summed E-state index contributed by atoms with van der Waals surface area (Å²) >= 11 is 3.35. The van der Waals surface area contributed by atoms with E-state index in [4.69, 9.17) is 44.2 Å². The van der Waals surface area contributed by atoms with Crippen molar-refractivity contribution in [2.24, 2.45) is 0 Å². The van der Waals surface area contributed by atoms with Crippen LogP contribution in [0.4, 0.5) is 17.1 Å². The summed E-state index contributed by atoms with van der Waals surface area (Å²) in [5.41, 5.74) is 12.2. The van der Waals surface area contributed by atoms with E-state index in [1.807, 2.05) is 58.9 Å². The van der Waals surface area contributed by atoms with Crippen molar-refractivity contribution in [1.29, 1.82) is 21.0 Å². The quantitative estimate of drug-likeness (QED) is 0.0655. The molecule has 0 amide bonds. The van der Waals surface area contributed by atoms with Crippen molar-refractivity contribution in [2.45, 2.75) is 100 Å². The van der Waals surface area contributed by atoms with Gasteiger partial charge >= 0.3 is 0 Å². The highest BCUT2D eigenvalue weighted by atomic mass is 79.9. The average Bonchev–Trinajstić information content (AvgIpc) is 0.783. The number of rotatable bonds is 12. The number of anilines is 3. The Balaban J connectivity index is 0.000000168. The number of morpholine rings is 4. The summed E-state index contributed by atoms with van der Waals surface area (Å²) in [5, 5.41) is 61.1. The fourth-order valence-electron chi connectivity index (χ4n) is 14.0. The van der Waals surface area contributed by atoms with Gasteiger partial charge < -0.3 is 64.3 Å². The molecule has 4 N–H and O–H groups in total. The third-order valence-corrected chi connectivity index (χ3v) is 23.2. The topological polar surface area (TPSA) is 397 Å². The zero-order valence-corrected chi connectivity index (χ0v) is 73.0. The second-order valence-corrected chi connectivity index (χ2v) is 34.5. The van der Waals surface area contributed by atoms with Crippen molar-refractivity contribution in [1.82, 2.24) is 65.2 Å². The van der Waals surface area contributed by atoms with Crippen molar-refractivity contribution < 1.29 is 50.2 Å². The molecule has 10 heterocycles. The van der Waals surface area contributed by atoms with Gasteiger partial charge in [0.25, 0.3) is 19.2 Å². The SMILES string of the molecule is CN1CCNCC1.C[C@@H]1CN(c2ccc(C#N)c3nccnc23)C[C@H](CN2CCN(C)CC2)O1.C[C@@H]1CN(c2ccc(C#N)c3nccnc23)C[C@H](CO)O1.C[C@@H]1CNC[C@H](CO)O1.Cc1ccc(S(=O)(=O)Cl)cc1.Cc1ccc(S(=O)(=O)OC[C@H]2CN(c3ccc(C#N)c4nccnc34)C[C@@H](C)O2)cc1.Cl.N#Cc1ccc(Br)c2nccnc12. The molecule has 0 spiro atoms. The zero-order chi connectivity index (χ0) is 85.2. The van der Waals surface area contributed by atoms with Crippen LogP contribution in [0, 0.1) is 59.2 Å². The first-order valence-electron chi connectivity index (χ1n) is 39.1. The molecule has 0 bridgehead atoms. The highest BCUT2D eigenvalue weighted by Crippen LogP contribution is 2.33. The van der Waals surface area contributed by atoms with Crippen LogP contribution in [0.15, 0.2) is 161 Å². The molecule has 10 aromatic rings. The molecule has 636 valence electrons. The average molecular weight is 1780 g/mol. The lowest BCUT2D eigenvalue weighted by molar-refractivity contribution is -0.0518. The van der Waals surface area contributed by atoms with E-state index in [1.54, 1.807) is 98.1 Å². The van der Waals surface area contributed by atoms with Crippen molar-refractivity contribution in [3.8, 4) is 24.3 Å². The molecule has 31 nitrogen and oxygen atoms in total. The number of hydrogen-bond donors (Lipinski definition) is 4. The minimum atomic E-state index is -3.88. The molecule has 0 aliphatic carbocycles. The molecule has 8 atom stereocenters. The van der Waals surface area contributed by atoms with Crippen molar-refractivity contribution in [2.75, 3.05) is 160 Å². The lowest BCUT2D eigenvalue weighted by atomic mass is 10.1. The standard InChI is InChI=1S/C22H22N4O4S.C20H26N6O.C15H16N4O2.C9H4BrN3.C7H7ClO2S.C6H13NO2.C5H12N2.ClH/c1-15-3-6-19(7-4-15)31(27,28)29-14-18-13-26(12-16(2)30-18)20-8-5-17(11-23)21-22(20)25-10-9-24-21;1-15-12-26(14-17(27-15)13-25-9-7-24(2)8-10-25)18-4-3-16(11-21)19-20(18)23-6-5-22-19;1-10-7-19(8-12(9-20)21-10)13-3-2-11(6-16)14-15(13)18-5-4-17-14;10-7-2-1-6(5-11)8-9(7)13-4-3-12-8;1-6-2-4-7(5-3-6)11(8,9)10;1-5-2-7-3-6(4-8)9-5;1-7-4-2-6-3-5-7;/h3-10,16,18H,12-14H2,1-2H3;3-6,15,17H,7-10,12-14H2,1-2H3;2-5,10,12,20H,7-9H2,1H3;1-4H;2-5H,1H3;5-8H,2-4H2,1H3;6H,2-5H2,1H3;1H/t16-,18-;15-,17+;10-,12-;;;5-,6-;;/m111..1../s1. The van der Waals surface area contributed by atoms with Crippen LogP contribution in [-0.4, -0.2) is 276 Å². The first-order valence-corrected chi connectivity index (χ1v) is 43.6. The number of hydrogen-bond acceptors (Lipinski definition) is 31. The number of fused-ring (bicyclic) bond motifs is 4. The van der Waals surface area contributed by atoms with Crippen LogP contribution in [0.25, 0.3) is 44.1 Å². The lowest BCUT2D eigenvalue weighted by Gasteiger charge is -2.41. The Bertz CT molecular complexity index is 5440. The third kappa shape index (κ3) is 26.8. The fraction of sp³-hybridized carbons (Fsp3) is 0.429. The van der Waals surface area contributed by atoms with E-state index in [1.165, 1.54) is 37.4 Å². The molecule has 6 aliphatic heterocycles. The number of likely N-dealkylation sites (N-methyl/N-ethyl adjacent to an activating group) is 2. The van der Waals surface area contributed by atoms with Crippen LogP contribution in [0.2, 0.25) is 0 Å². The Labute approximate surface area is 719 Å². The summed E-state index contributed by atoms with van der Waals surface area (Å²) in [6.07, 6.45) is 12.7. The molecule has 6 aliphatic rings. The molecule has 0 radical (unpaired) electrons. The lowest BCUT2D eigenvalue weighted by Crippen LogP contribution is -2.53. The number of ether oxygens (including phenoxy) is 4. The van der Waals surface area contributed by atoms with Gasteiger partial charge in [0.2, 0.25) is 0 Å². The summed E-state index contributed by atoms with van der Waals surface area (Å²) in [7, 11) is 1.99. The molecular weight excluding hydrogens is 1680 g/mol. The van der Waals surface area contributed by atoms with Gasteiger partial charge in [0, 0.05) is 176 Å². The van der Waals surface area contributed by atoms with Crippen molar-refractivity contribution in [3.05, 3.63) is 184 Å². The number of aryl methyl sites for hydroxylation is 2. The first kappa shape index (κ1) is 94.4. The molecule has 6 aromatic carbocycles. The summed E-state index contributed by atoms with van der Waals surface area (Å²) in [6, 6.07) is 36.1. The number of nitrogens with one attached hydrogen (secondary N) is 2. The maximum Gasteiger partial charge on any atom is 0.297 e. The number of aromatic nitrogens is 8. The number of piperazine rings is 2. The van der Waals surface area contributed by atoms with Gasteiger partial charge in [-0.1, -0.05) is 35.4 Å². The summed E-state index contributed by atoms with van der Waals surface area (Å²) in [6.45, 7) is 27.6. The van der Waals surface area contributed by atoms with Crippen molar-refractivity contribution >= 4 is 119 Å². The largest absolute Gasteiger partial charge is 0.394 e. The minimum Gasteiger partial charge on any atom is -0.394 e. The predicted molar refractivity (Wildman–Crippen MR) is 466 cm³/mol. The van der Waals surface area contributed by atoms with Gasteiger partial charge in [-0.05, 0) is 144 Å². The van der Waals surface area contributed by atoms with E-state index in [-0.39, 0.29) is 84.7 Å². The number of aliphatic hydroxyl groups excluding tert-OH is 2. The van der Waals surface area contributed by atoms with Gasteiger partial charge in [0.1, 0.15) is 74.5 Å². The van der Waals surface area contributed by atoms with Gasteiger partial charge in [0.05, 0.1) is 112 Å². The molecule has 16 rings (SSSR count). The maximum atomic E-state index is 12.5. The van der Waals surface area contributed by atoms with E-state index in [0.717, 1.165) is 116 Å². The first-order chi connectivity index (χ1) is 57.3. The van der Waals surface area contributed by atoms with Gasteiger partial charge in [-0.15, -0.1) is 12.4 Å². The highest BCUT2D eigenvalue weighted by Gasteiger charge is 2.33. The zero-order valence-electron chi connectivity index (χ0n) is 68.2. The van der Waals surface area contributed by atoms with Gasteiger partial charge in [-0.2, -0.15) is 29.5 Å². The van der Waals surface area contributed by atoms with Crippen LogP contribution in [0.5, 0.6) is 0 Å². The van der Waals surface area contributed by atoms with Crippen LogP contribution in [-0.2, 0) is 42.3 Å². The van der Waals surface area contributed by atoms with Crippen LogP contribution in [0.3, 0.4) is 0 Å². The molecule has 4 aromatic heterocycles. The van der Waals surface area contributed by atoms with Gasteiger partial charge in [0.15, 0.2) is 0 Å². The Kier molecular flexibility index (Phi) is 36.1. The maximum absolute atomic E-state index is 12.5. The summed E-state index contributed by atoms with van der Waals surface area (Å²) in [4.78, 5) is 48.5. The molecule has 0 unspecified atom stereocenters. The monoisotopic (exact) mass is 1780 g/mol. The second-order valence-electron chi connectivity index (χ2n) is 29.4. The number of benzene rings is 6. The second kappa shape index (κ2) is 46.0. The van der Waals surface area contributed by atoms with Gasteiger partial charge in [-0.3, -0.25) is 49.0 Å². The normalized spacial score (nSPS) is 20.8. The van der Waals surface area contributed by atoms with Gasteiger partial charge in [-0.25, -0.2) is 8.42 Å². The fourth-order valence-corrected chi connectivity index (χ4v) is 16.1. The van der Waals surface area contributed by atoms with E-state index >= 15 is 0 Å². The number of aliphatic hydroxyl groups is 2. The molecule has 0 saturated carbocycles. The van der Waals surface area contributed by atoms with E-state index < -0.39 is 25.3 Å². The summed E-state index contributed by atoms with van der Waals surface area (Å²) in [5.74, 6) is 0. The Hall–Kier alpha value is -9.48. The van der Waals surface area contributed by atoms with Crippen LogP contribution >= 0.6 is 39.0 Å². The van der Waals surface area contributed by atoms with Crippen LogP contribution in [0.1, 0.15) is 61.1 Å². The number of nitrogens with zero attached hydrogens (tertiary/aromatic N) is 18. The Morgan fingerprint density at radius 3 is 1.20 bits per heavy atom. The molecule has 120 heavy (non-hydrogen) atoms.